The Kier molecular flexibility index (Phi) is 9.91. The van der Waals surface area contributed by atoms with Crippen molar-refractivity contribution in [2.75, 3.05) is 20.3 Å². The van der Waals surface area contributed by atoms with E-state index in [1.807, 2.05) is 30.3 Å². The molecule has 0 unspecified atom stereocenters. The van der Waals surface area contributed by atoms with E-state index in [2.05, 4.69) is 35.4 Å². The maximum Gasteiger partial charge on any atom is 0.160 e. The van der Waals surface area contributed by atoms with Gasteiger partial charge in [0.1, 0.15) is 5.78 Å². The van der Waals surface area contributed by atoms with E-state index in [0.717, 1.165) is 68.1 Å². The van der Waals surface area contributed by atoms with Crippen LogP contribution in [0.5, 0.6) is 23.0 Å². The zero-order chi connectivity index (χ0) is 41.6. The Hall–Kier alpha value is -4.33. The SMILES string of the molecule is COc1cc([C@@H]2CC(=O)C[C@H](O)[C@@H]3[C@H](C#C[C@H]2Cc2ccccc2)CN[C@@H]2CC[C@]45C[C@@]6(CCC[C@@H]6C=C4CCCO)[C@@H]4C[C@H]5[C@]32c2cc(O)c(O)cc24)c(CO)cc1O. The lowest BCUT2D eigenvalue weighted by atomic mass is 9.31. The number of methoxy groups -OCH3 is 1. The topological polar surface area (TPSA) is 160 Å². The number of rotatable bonds is 8. The number of ketones is 1. The molecule has 3 aromatic rings. The van der Waals surface area contributed by atoms with Gasteiger partial charge in [0.25, 0.3) is 0 Å². The van der Waals surface area contributed by atoms with Crippen molar-refractivity contribution < 1.29 is 40.2 Å². The second-order valence-corrected chi connectivity index (χ2v) is 19.5. The number of Topliss-reactive ketones (excluding diaryl/α,β-unsaturated/α-hetero) is 1. The summed E-state index contributed by atoms with van der Waals surface area (Å²) in [6.45, 7) is 0.326. The predicted molar refractivity (Wildman–Crippen MR) is 227 cm³/mol. The molecule has 0 radical (unpaired) electrons. The van der Waals surface area contributed by atoms with Gasteiger partial charge in [-0.3, -0.25) is 4.79 Å². The first-order chi connectivity index (χ1) is 29.1. The van der Waals surface area contributed by atoms with Crippen LogP contribution in [-0.2, 0) is 23.2 Å². The summed E-state index contributed by atoms with van der Waals surface area (Å²) in [6, 6.07) is 17.0. The van der Waals surface area contributed by atoms with E-state index in [1.54, 1.807) is 6.07 Å². The van der Waals surface area contributed by atoms with Crippen molar-refractivity contribution in [2.45, 2.75) is 113 Å². The molecule has 6 aliphatic carbocycles. The number of carbonyl (C=O) groups excluding carboxylic acids is 1. The van der Waals surface area contributed by atoms with Crippen LogP contribution < -0.4 is 10.1 Å². The lowest BCUT2D eigenvalue weighted by Crippen LogP contribution is -2.75. The van der Waals surface area contributed by atoms with Gasteiger partial charge in [-0.25, -0.2) is 0 Å². The first kappa shape index (κ1) is 39.8. The number of nitrogens with one attached hydrogen (secondary N) is 1. The first-order valence-corrected chi connectivity index (χ1v) is 22.4. The van der Waals surface area contributed by atoms with Crippen LogP contribution in [0.15, 0.2) is 66.2 Å². The molecule has 3 aromatic carbocycles. The lowest BCUT2D eigenvalue weighted by Gasteiger charge is -2.74. The van der Waals surface area contributed by atoms with Crippen LogP contribution >= 0.6 is 0 Å². The van der Waals surface area contributed by atoms with Gasteiger partial charge >= 0.3 is 0 Å². The number of aromatic hydroxyl groups is 3. The number of piperidine rings is 1. The Morgan fingerprint density at radius 1 is 0.933 bits per heavy atom. The summed E-state index contributed by atoms with van der Waals surface area (Å²) in [5.41, 5.74) is 5.00. The highest BCUT2D eigenvalue weighted by Crippen LogP contribution is 2.79. The Balaban J connectivity index is 1.18. The number of hydrogen-bond acceptors (Lipinski definition) is 9. The van der Waals surface area contributed by atoms with Gasteiger partial charge in [-0.15, -0.1) is 0 Å². The molecule has 7 N–H and O–H groups in total. The van der Waals surface area contributed by atoms with E-state index in [9.17, 15) is 35.4 Å². The van der Waals surface area contributed by atoms with E-state index in [4.69, 9.17) is 4.74 Å². The summed E-state index contributed by atoms with van der Waals surface area (Å²) >= 11 is 0. The molecular weight excluding hydrogens is 755 g/mol. The molecule has 1 heterocycles. The normalized spacial score (nSPS) is 37.3. The molecule has 3 saturated carbocycles. The summed E-state index contributed by atoms with van der Waals surface area (Å²) in [4.78, 5) is 14.8. The van der Waals surface area contributed by atoms with Crippen molar-refractivity contribution >= 4 is 5.78 Å². The maximum absolute atomic E-state index is 14.8. The van der Waals surface area contributed by atoms with E-state index >= 15 is 0 Å². The average Bonchev–Trinajstić information content (AvgIpc) is 3.65. The molecule has 9 heteroatoms. The van der Waals surface area contributed by atoms with E-state index < -0.39 is 23.4 Å². The Morgan fingerprint density at radius 3 is 2.53 bits per heavy atom. The first-order valence-electron chi connectivity index (χ1n) is 22.4. The summed E-state index contributed by atoms with van der Waals surface area (Å²) < 4.78 is 5.54. The van der Waals surface area contributed by atoms with Crippen molar-refractivity contribution in [1.29, 1.82) is 0 Å². The number of aliphatic hydroxyl groups is 3. The van der Waals surface area contributed by atoms with Gasteiger partial charge in [-0.2, -0.15) is 0 Å². The fourth-order valence-electron chi connectivity index (χ4n) is 15.1. The van der Waals surface area contributed by atoms with Crippen LogP contribution in [-0.4, -0.2) is 68.8 Å². The molecule has 316 valence electrons. The van der Waals surface area contributed by atoms with Crippen LogP contribution in [0.2, 0.25) is 0 Å². The third kappa shape index (κ3) is 5.77. The molecular formula is C51H59NO8. The van der Waals surface area contributed by atoms with E-state index in [-0.39, 0.29) is 95.4 Å². The van der Waals surface area contributed by atoms with Gasteiger partial charge in [0, 0.05) is 61.1 Å². The maximum atomic E-state index is 14.8. The highest BCUT2D eigenvalue weighted by molar-refractivity contribution is 5.80. The van der Waals surface area contributed by atoms with Gasteiger partial charge in [0.15, 0.2) is 23.0 Å². The van der Waals surface area contributed by atoms with Gasteiger partial charge in [0.05, 0.1) is 19.8 Å². The minimum absolute atomic E-state index is 0.0437. The number of hydrogen-bond donors (Lipinski definition) is 7. The van der Waals surface area contributed by atoms with Crippen LogP contribution in [0.4, 0.5) is 0 Å². The quantitative estimate of drug-likeness (QED) is 0.0730. The van der Waals surface area contributed by atoms with Crippen molar-refractivity contribution in [1.82, 2.24) is 5.32 Å². The number of fused-ring (bicyclic) bond motifs is 4. The monoisotopic (exact) mass is 813 g/mol. The third-order valence-electron chi connectivity index (χ3n) is 17.2. The molecule has 3 spiro atoms. The number of benzene rings is 3. The minimum Gasteiger partial charge on any atom is -0.504 e. The molecule has 9 nitrogen and oxygen atoms in total. The molecule has 1 saturated heterocycles. The predicted octanol–water partition coefficient (Wildman–Crippen LogP) is 6.90. The smallest absolute Gasteiger partial charge is 0.160 e. The summed E-state index contributed by atoms with van der Waals surface area (Å²) in [6.07, 6.45) is 10.9. The summed E-state index contributed by atoms with van der Waals surface area (Å²) in [5.74, 6) is 6.40. The lowest BCUT2D eigenvalue weighted by molar-refractivity contribution is -0.158. The molecule has 1 aliphatic heterocycles. The van der Waals surface area contributed by atoms with Gasteiger partial charge < -0.3 is 40.7 Å². The highest BCUT2D eigenvalue weighted by Gasteiger charge is 2.74. The van der Waals surface area contributed by atoms with Crippen LogP contribution in [0.1, 0.15) is 110 Å². The zero-order valence-corrected chi connectivity index (χ0v) is 34.6. The second kappa shape index (κ2) is 14.9. The van der Waals surface area contributed by atoms with Gasteiger partial charge in [-0.05, 0) is 138 Å². The molecule has 4 bridgehead atoms. The average molecular weight is 814 g/mol. The Bertz CT molecular complexity index is 2280. The fraction of sp³-hybridized carbons (Fsp3) is 0.549. The number of aliphatic hydroxyl groups excluding tert-OH is 3. The highest BCUT2D eigenvalue weighted by atomic mass is 16.5. The molecule has 12 atom stereocenters. The number of phenols is 3. The van der Waals surface area contributed by atoms with Crippen LogP contribution in [0.25, 0.3) is 0 Å². The van der Waals surface area contributed by atoms with Crippen molar-refractivity contribution in [2.24, 2.45) is 40.4 Å². The second-order valence-electron chi connectivity index (χ2n) is 19.5. The third-order valence-corrected chi connectivity index (χ3v) is 17.2. The van der Waals surface area contributed by atoms with Crippen molar-refractivity contribution in [3.63, 3.8) is 0 Å². The van der Waals surface area contributed by atoms with Crippen LogP contribution in [0, 0.1) is 52.3 Å². The number of allylic oxidation sites excluding steroid dienone is 2. The number of ether oxygens (including phenoxy) is 1. The summed E-state index contributed by atoms with van der Waals surface area (Å²) in [5, 5.41) is 71.2. The van der Waals surface area contributed by atoms with Crippen molar-refractivity contribution in [3.05, 3.63) is 94.1 Å². The molecule has 4 fully saturated rings. The van der Waals surface area contributed by atoms with Crippen molar-refractivity contribution in [3.8, 4) is 34.8 Å². The molecule has 0 aromatic heterocycles. The van der Waals surface area contributed by atoms with Gasteiger partial charge in [0.2, 0.25) is 0 Å². The number of phenolic OH excluding ortho intramolecular Hbond substituents is 3. The van der Waals surface area contributed by atoms with Gasteiger partial charge in [-0.1, -0.05) is 60.2 Å². The Labute approximate surface area is 352 Å². The number of carbonyl (C=O) groups is 1. The Morgan fingerprint density at radius 2 is 1.75 bits per heavy atom. The summed E-state index contributed by atoms with van der Waals surface area (Å²) in [7, 11) is 1.48. The molecule has 10 rings (SSSR count). The zero-order valence-electron chi connectivity index (χ0n) is 34.6. The largest absolute Gasteiger partial charge is 0.504 e. The fourth-order valence-corrected chi connectivity index (χ4v) is 15.1. The van der Waals surface area contributed by atoms with E-state index in [0.29, 0.717) is 36.4 Å². The standard InChI is InChI=1S/C51H59NO8/c1-60-45-23-37(32(27-54)18-43(45)58)36-20-35(55)21-44(59)48-31(12-11-30(36)17-29-7-3-2-4-8-29)26-52-47-13-15-50-28-49(14-5-9-33(49)19-34(50)10-6-16-53)39-25-46(50)51(47,48)40-24-42(57)41(56)22-38(39)40/h2-4,7-8,18-19,22-24,30-31,33,36,39,44,46-48,52-54,56-59H,5-6,9-10,13-17,20-21,25-28H2,1H3/t30-,31+,33+,36+,39+,44-,46+,47+,48-,49+,50-,51-/m0/s1. The molecule has 7 aliphatic rings. The molecule has 60 heavy (non-hydrogen) atoms. The molecule has 0 amide bonds. The minimum atomic E-state index is -1.04. The van der Waals surface area contributed by atoms with E-state index in [1.165, 1.54) is 18.7 Å². The van der Waals surface area contributed by atoms with Crippen LogP contribution in [0.3, 0.4) is 0 Å².